The van der Waals surface area contributed by atoms with Gasteiger partial charge in [-0.3, -0.25) is 0 Å². The molecular weight excluding hydrogens is 194 g/mol. The van der Waals surface area contributed by atoms with Crippen LogP contribution in [0.5, 0.6) is 0 Å². The molecule has 2 heteroatoms. The first-order valence-corrected chi connectivity index (χ1v) is 6.48. The maximum Gasteiger partial charge on any atom is 0.0223 e. The van der Waals surface area contributed by atoms with Crippen molar-refractivity contribution in [2.75, 3.05) is 26.0 Å². The Morgan fingerprint density at radius 3 is 2.50 bits per heavy atom. The van der Waals surface area contributed by atoms with Gasteiger partial charge in [-0.15, -0.1) is 11.6 Å². The van der Waals surface area contributed by atoms with E-state index in [1.54, 1.807) is 0 Å². The zero-order valence-corrected chi connectivity index (χ0v) is 10.8. The summed E-state index contributed by atoms with van der Waals surface area (Å²) in [6.07, 6.45) is 6.39. The zero-order valence-electron chi connectivity index (χ0n) is 10.1. The van der Waals surface area contributed by atoms with Crippen LogP contribution >= 0.6 is 11.6 Å². The molecule has 0 radical (unpaired) electrons. The van der Waals surface area contributed by atoms with E-state index in [1.807, 2.05) is 0 Å². The first-order valence-electron chi connectivity index (χ1n) is 5.95. The minimum absolute atomic E-state index is 0.815. The van der Waals surface area contributed by atoms with Crippen molar-refractivity contribution >= 4 is 11.6 Å². The van der Waals surface area contributed by atoms with Crippen LogP contribution in [0.4, 0.5) is 0 Å². The van der Waals surface area contributed by atoms with Crippen LogP contribution in [0.2, 0.25) is 0 Å². The molecule has 0 fully saturated rings. The summed E-state index contributed by atoms with van der Waals surface area (Å²) < 4.78 is 0. The van der Waals surface area contributed by atoms with Gasteiger partial charge in [-0.25, -0.2) is 0 Å². The van der Waals surface area contributed by atoms with E-state index < -0.39 is 0 Å². The van der Waals surface area contributed by atoms with Gasteiger partial charge in [-0.2, -0.15) is 0 Å². The van der Waals surface area contributed by atoms with E-state index in [2.05, 4.69) is 25.8 Å². The molecule has 0 amide bonds. The van der Waals surface area contributed by atoms with Gasteiger partial charge in [0.1, 0.15) is 0 Å². The number of halogens is 1. The Hall–Kier alpha value is 0.250. The highest BCUT2D eigenvalue weighted by molar-refractivity contribution is 6.17. The molecule has 86 valence electrons. The van der Waals surface area contributed by atoms with Crippen LogP contribution < -0.4 is 0 Å². The van der Waals surface area contributed by atoms with Crippen molar-refractivity contribution in [3.63, 3.8) is 0 Å². The monoisotopic (exact) mass is 219 g/mol. The third-order valence-electron chi connectivity index (χ3n) is 2.58. The van der Waals surface area contributed by atoms with E-state index in [0.717, 1.165) is 11.8 Å². The molecule has 0 N–H and O–H groups in total. The third-order valence-corrected chi connectivity index (χ3v) is 2.85. The molecular formula is C12H26ClN. The predicted octanol–water partition coefficient (Wildman–Crippen LogP) is 3.76. The number of hydrogen-bond donors (Lipinski definition) is 0. The van der Waals surface area contributed by atoms with Crippen molar-refractivity contribution in [3.05, 3.63) is 0 Å². The quantitative estimate of drug-likeness (QED) is 0.422. The average Bonchev–Trinajstić information content (AvgIpc) is 2.13. The van der Waals surface area contributed by atoms with Crippen LogP contribution in [0.3, 0.4) is 0 Å². The van der Waals surface area contributed by atoms with Crippen molar-refractivity contribution < 1.29 is 0 Å². The lowest BCUT2D eigenvalue weighted by Crippen LogP contribution is -2.25. The van der Waals surface area contributed by atoms with E-state index in [-0.39, 0.29) is 0 Å². The first-order chi connectivity index (χ1) is 6.70. The average molecular weight is 220 g/mol. The fourth-order valence-electron chi connectivity index (χ4n) is 1.86. The van der Waals surface area contributed by atoms with E-state index in [9.17, 15) is 0 Å². The van der Waals surface area contributed by atoms with Crippen molar-refractivity contribution in [3.8, 4) is 0 Å². The van der Waals surface area contributed by atoms with E-state index >= 15 is 0 Å². The maximum atomic E-state index is 5.63. The van der Waals surface area contributed by atoms with Gasteiger partial charge in [0.25, 0.3) is 0 Å². The Labute approximate surface area is 94.8 Å². The molecule has 1 unspecified atom stereocenters. The number of unbranched alkanes of at least 4 members (excludes halogenated alkanes) is 2. The zero-order chi connectivity index (χ0) is 10.8. The lowest BCUT2D eigenvalue weighted by molar-refractivity contribution is 0.272. The molecule has 0 aromatic carbocycles. The highest BCUT2D eigenvalue weighted by Gasteiger charge is 2.04. The summed E-state index contributed by atoms with van der Waals surface area (Å²) in [7, 11) is 2.23. The Bertz CT molecular complexity index is 117. The molecule has 0 aliphatic carbocycles. The minimum Gasteiger partial charge on any atom is -0.306 e. The molecule has 14 heavy (non-hydrogen) atoms. The molecule has 0 bridgehead atoms. The molecule has 0 rings (SSSR count). The lowest BCUT2D eigenvalue weighted by Gasteiger charge is -2.20. The van der Waals surface area contributed by atoms with Gasteiger partial charge in [0.05, 0.1) is 0 Å². The largest absolute Gasteiger partial charge is 0.306 e. The van der Waals surface area contributed by atoms with E-state index in [1.165, 1.54) is 45.2 Å². The predicted molar refractivity (Wildman–Crippen MR) is 66.1 cm³/mol. The Balaban J connectivity index is 3.30. The summed E-state index contributed by atoms with van der Waals surface area (Å²) in [6, 6.07) is 0. The number of alkyl halides is 1. The van der Waals surface area contributed by atoms with Crippen LogP contribution in [0.1, 0.15) is 46.0 Å². The molecule has 0 heterocycles. The molecule has 0 saturated carbocycles. The molecule has 0 saturated heterocycles. The van der Waals surface area contributed by atoms with Gasteiger partial charge in [0.15, 0.2) is 0 Å². The molecule has 1 atom stereocenters. The molecule has 0 aromatic heterocycles. The fraction of sp³-hybridized carbons (Fsp3) is 1.00. The summed E-state index contributed by atoms with van der Waals surface area (Å²) in [4.78, 5) is 2.45. The topological polar surface area (TPSA) is 3.24 Å². The normalized spacial score (nSPS) is 13.5. The SMILES string of the molecule is CCCC(C)CN(C)CCCCCCl. The standard InChI is InChI=1S/C12H26ClN/c1-4-8-12(2)11-14(3)10-7-5-6-9-13/h12H,4-11H2,1-3H3. The lowest BCUT2D eigenvalue weighted by atomic mass is 10.1. The summed E-state index contributed by atoms with van der Waals surface area (Å²) in [6.45, 7) is 7.08. The molecule has 0 spiro atoms. The van der Waals surface area contributed by atoms with Crippen LogP contribution in [-0.2, 0) is 0 Å². The summed E-state index contributed by atoms with van der Waals surface area (Å²) >= 11 is 5.63. The Morgan fingerprint density at radius 2 is 1.93 bits per heavy atom. The highest BCUT2D eigenvalue weighted by atomic mass is 35.5. The van der Waals surface area contributed by atoms with Gasteiger partial charge in [-0.05, 0) is 38.8 Å². The summed E-state index contributed by atoms with van der Waals surface area (Å²) in [5.74, 6) is 1.66. The summed E-state index contributed by atoms with van der Waals surface area (Å²) in [5, 5.41) is 0. The smallest absolute Gasteiger partial charge is 0.0223 e. The van der Waals surface area contributed by atoms with Gasteiger partial charge >= 0.3 is 0 Å². The van der Waals surface area contributed by atoms with Gasteiger partial charge in [0.2, 0.25) is 0 Å². The van der Waals surface area contributed by atoms with Crippen LogP contribution in [0, 0.1) is 5.92 Å². The van der Waals surface area contributed by atoms with Crippen molar-refractivity contribution in [1.29, 1.82) is 0 Å². The number of nitrogens with zero attached hydrogens (tertiary/aromatic N) is 1. The molecule has 0 aliphatic rings. The second kappa shape index (κ2) is 9.79. The van der Waals surface area contributed by atoms with Crippen molar-refractivity contribution in [2.24, 2.45) is 5.92 Å². The third kappa shape index (κ3) is 8.83. The van der Waals surface area contributed by atoms with Gasteiger partial charge in [0, 0.05) is 12.4 Å². The van der Waals surface area contributed by atoms with Crippen molar-refractivity contribution in [1.82, 2.24) is 4.90 Å². The van der Waals surface area contributed by atoms with E-state index in [0.29, 0.717) is 0 Å². The number of hydrogen-bond acceptors (Lipinski definition) is 1. The van der Waals surface area contributed by atoms with Crippen LogP contribution in [0.25, 0.3) is 0 Å². The first kappa shape index (κ1) is 14.2. The minimum atomic E-state index is 0.815. The Kier molecular flexibility index (Phi) is 9.97. The van der Waals surface area contributed by atoms with Crippen LogP contribution in [0.15, 0.2) is 0 Å². The fourth-order valence-corrected chi connectivity index (χ4v) is 2.05. The maximum absolute atomic E-state index is 5.63. The van der Waals surface area contributed by atoms with E-state index in [4.69, 9.17) is 11.6 Å². The molecule has 0 aliphatic heterocycles. The second-order valence-electron chi connectivity index (χ2n) is 4.41. The highest BCUT2D eigenvalue weighted by Crippen LogP contribution is 2.07. The Morgan fingerprint density at radius 1 is 1.21 bits per heavy atom. The second-order valence-corrected chi connectivity index (χ2v) is 4.78. The summed E-state index contributed by atoms with van der Waals surface area (Å²) in [5.41, 5.74) is 0. The number of rotatable bonds is 9. The van der Waals surface area contributed by atoms with Crippen molar-refractivity contribution in [2.45, 2.75) is 46.0 Å². The van der Waals surface area contributed by atoms with Gasteiger partial charge < -0.3 is 4.90 Å². The molecule has 0 aromatic rings. The molecule has 1 nitrogen and oxygen atoms in total. The van der Waals surface area contributed by atoms with Gasteiger partial charge in [-0.1, -0.05) is 26.7 Å². The van der Waals surface area contributed by atoms with Crippen LogP contribution in [-0.4, -0.2) is 30.9 Å².